The van der Waals surface area contributed by atoms with Gasteiger partial charge in [0.25, 0.3) is 0 Å². The van der Waals surface area contributed by atoms with Gasteiger partial charge in [0.15, 0.2) is 0 Å². The van der Waals surface area contributed by atoms with Gasteiger partial charge in [0, 0.05) is 18.1 Å². The van der Waals surface area contributed by atoms with E-state index < -0.39 is 0 Å². The first-order valence-electron chi connectivity index (χ1n) is 7.54. The van der Waals surface area contributed by atoms with E-state index >= 15 is 0 Å². The van der Waals surface area contributed by atoms with E-state index in [2.05, 4.69) is 54.8 Å². The Bertz CT molecular complexity index is 673. The third-order valence-corrected chi connectivity index (χ3v) is 3.45. The summed E-state index contributed by atoms with van der Waals surface area (Å²) in [5.41, 5.74) is 5.53. The summed E-state index contributed by atoms with van der Waals surface area (Å²) in [6, 6.07) is 13.9. The molecule has 2 N–H and O–H groups in total. The number of hydrogen-bond donors (Lipinski definition) is 2. The predicted molar refractivity (Wildman–Crippen MR) is 99.0 cm³/mol. The van der Waals surface area contributed by atoms with Gasteiger partial charge in [0.05, 0.1) is 0 Å². The first-order valence-corrected chi connectivity index (χ1v) is 8.07. The number of anilines is 1. The molecular formula is C19H21ClN2O. The molecule has 3 nitrogen and oxygen atoms in total. The zero-order chi connectivity index (χ0) is 16.7. The Morgan fingerprint density at radius 2 is 1.61 bits per heavy atom. The molecule has 0 aliphatic rings. The van der Waals surface area contributed by atoms with E-state index in [-0.39, 0.29) is 6.03 Å². The summed E-state index contributed by atoms with van der Waals surface area (Å²) in [6.45, 7) is 4.64. The number of nitrogens with one attached hydrogen (secondary N) is 2. The second kappa shape index (κ2) is 8.39. The fourth-order valence-corrected chi connectivity index (χ4v) is 2.41. The fourth-order valence-electron chi connectivity index (χ4n) is 2.31. The molecular weight excluding hydrogens is 308 g/mol. The number of urea groups is 1. The van der Waals surface area contributed by atoms with Crippen LogP contribution < -0.4 is 10.6 Å². The Balaban J connectivity index is 1.99. The number of aryl methyl sites for hydroxylation is 2. The second-order valence-corrected chi connectivity index (χ2v) is 5.82. The number of carbonyl (C=O) groups excluding carboxylic acids is 1. The van der Waals surface area contributed by atoms with Crippen LogP contribution in [0.25, 0.3) is 12.2 Å². The summed E-state index contributed by atoms with van der Waals surface area (Å²) in [7, 11) is 0. The van der Waals surface area contributed by atoms with Gasteiger partial charge in [0.2, 0.25) is 0 Å². The average molecular weight is 329 g/mol. The van der Waals surface area contributed by atoms with Crippen molar-refractivity contribution in [3.63, 3.8) is 0 Å². The highest BCUT2D eigenvalue weighted by Crippen LogP contribution is 2.15. The summed E-state index contributed by atoms with van der Waals surface area (Å²) in [4.78, 5) is 11.5. The molecule has 0 spiro atoms. The van der Waals surface area contributed by atoms with Crippen LogP contribution in [-0.2, 0) is 0 Å². The van der Waals surface area contributed by atoms with Crippen molar-refractivity contribution in [2.24, 2.45) is 0 Å². The molecule has 120 valence electrons. The van der Waals surface area contributed by atoms with Gasteiger partial charge in [-0.15, -0.1) is 11.6 Å². The minimum Gasteiger partial charge on any atom is -0.337 e. The number of amides is 2. The van der Waals surface area contributed by atoms with Crippen LogP contribution in [0.1, 0.15) is 22.3 Å². The highest BCUT2D eigenvalue weighted by Gasteiger charge is 2.00. The SMILES string of the molecule is Cc1cc(C)cc(/C=C\c2ccc(NC(=O)NCCCl)cc2)c1. The van der Waals surface area contributed by atoms with Crippen molar-refractivity contribution in [3.05, 3.63) is 64.7 Å². The first-order chi connectivity index (χ1) is 11.1. The summed E-state index contributed by atoms with van der Waals surface area (Å²) in [6.07, 6.45) is 4.15. The smallest absolute Gasteiger partial charge is 0.319 e. The van der Waals surface area contributed by atoms with E-state index in [0.717, 1.165) is 11.3 Å². The lowest BCUT2D eigenvalue weighted by atomic mass is 10.1. The van der Waals surface area contributed by atoms with Crippen molar-refractivity contribution < 1.29 is 4.79 Å². The maximum Gasteiger partial charge on any atom is 0.319 e. The molecule has 0 aliphatic carbocycles. The molecule has 0 fully saturated rings. The van der Waals surface area contributed by atoms with E-state index in [1.807, 2.05) is 24.3 Å². The lowest BCUT2D eigenvalue weighted by Gasteiger charge is -2.06. The lowest BCUT2D eigenvalue weighted by molar-refractivity contribution is 0.252. The zero-order valence-corrected chi connectivity index (χ0v) is 14.2. The van der Waals surface area contributed by atoms with Crippen molar-refractivity contribution in [2.75, 3.05) is 17.7 Å². The molecule has 0 aliphatic heterocycles. The Labute approximate surface area is 142 Å². The highest BCUT2D eigenvalue weighted by atomic mass is 35.5. The third-order valence-electron chi connectivity index (χ3n) is 3.26. The van der Waals surface area contributed by atoms with Crippen LogP contribution >= 0.6 is 11.6 Å². The summed E-state index contributed by atoms with van der Waals surface area (Å²) < 4.78 is 0. The Hall–Kier alpha value is -2.26. The molecule has 0 radical (unpaired) electrons. The molecule has 2 rings (SSSR count). The highest BCUT2D eigenvalue weighted by molar-refractivity contribution is 6.18. The van der Waals surface area contributed by atoms with Gasteiger partial charge in [-0.25, -0.2) is 4.79 Å². The van der Waals surface area contributed by atoms with Crippen LogP contribution in [0.4, 0.5) is 10.5 Å². The van der Waals surface area contributed by atoms with Crippen molar-refractivity contribution in [1.82, 2.24) is 5.32 Å². The van der Waals surface area contributed by atoms with E-state index in [1.54, 1.807) is 0 Å². The zero-order valence-electron chi connectivity index (χ0n) is 13.4. The first kappa shape index (κ1) is 17.1. The van der Waals surface area contributed by atoms with E-state index in [9.17, 15) is 4.79 Å². The van der Waals surface area contributed by atoms with Gasteiger partial charge in [-0.1, -0.05) is 53.6 Å². The van der Waals surface area contributed by atoms with Gasteiger partial charge in [-0.3, -0.25) is 0 Å². The van der Waals surface area contributed by atoms with Gasteiger partial charge >= 0.3 is 6.03 Å². The molecule has 2 aromatic rings. The normalized spacial score (nSPS) is 10.7. The van der Waals surface area contributed by atoms with Crippen LogP contribution in [0, 0.1) is 13.8 Å². The van der Waals surface area contributed by atoms with Crippen LogP contribution in [0.5, 0.6) is 0 Å². The van der Waals surface area contributed by atoms with Gasteiger partial charge in [-0.2, -0.15) is 0 Å². The minimum absolute atomic E-state index is 0.246. The number of hydrogen-bond acceptors (Lipinski definition) is 1. The topological polar surface area (TPSA) is 41.1 Å². The number of rotatable bonds is 5. The molecule has 0 heterocycles. The lowest BCUT2D eigenvalue weighted by Crippen LogP contribution is -2.30. The summed E-state index contributed by atoms with van der Waals surface area (Å²) >= 11 is 5.52. The van der Waals surface area contributed by atoms with E-state index in [0.29, 0.717) is 12.4 Å². The molecule has 23 heavy (non-hydrogen) atoms. The van der Waals surface area contributed by atoms with Gasteiger partial charge < -0.3 is 10.6 Å². The Morgan fingerprint density at radius 3 is 2.22 bits per heavy atom. The molecule has 0 saturated carbocycles. The maximum atomic E-state index is 11.5. The average Bonchev–Trinajstić information content (AvgIpc) is 2.51. The van der Waals surface area contributed by atoms with E-state index in [4.69, 9.17) is 11.6 Å². The molecule has 0 bridgehead atoms. The molecule has 0 unspecified atom stereocenters. The third kappa shape index (κ3) is 5.80. The van der Waals surface area contributed by atoms with E-state index in [1.165, 1.54) is 16.7 Å². The maximum absolute atomic E-state index is 11.5. The number of alkyl halides is 1. The molecule has 2 amide bonds. The monoisotopic (exact) mass is 328 g/mol. The van der Waals surface area contributed by atoms with Crippen LogP contribution in [0.15, 0.2) is 42.5 Å². The molecule has 2 aromatic carbocycles. The predicted octanol–water partition coefficient (Wildman–Crippen LogP) is 4.83. The number of benzene rings is 2. The van der Waals surface area contributed by atoms with Crippen LogP contribution in [0.3, 0.4) is 0 Å². The summed E-state index contributed by atoms with van der Waals surface area (Å²) in [5, 5.41) is 5.42. The molecule has 0 atom stereocenters. The minimum atomic E-state index is -0.246. The van der Waals surface area contributed by atoms with Crippen LogP contribution in [0.2, 0.25) is 0 Å². The standard InChI is InChI=1S/C19H21ClN2O/c1-14-11-15(2)13-17(12-14)4-3-16-5-7-18(8-6-16)22-19(23)21-10-9-20/h3-8,11-13H,9-10H2,1-2H3,(H2,21,22,23)/b4-3-. The quantitative estimate of drug-likeness (QED) is 0.598. The van der Waals surface area contributed by atoms with Gasteiger partial charge in [0.1, 0.15) is 0 Å². The Kier molecular flexibility index (Phi) is 6.24. The molecule has 0 saturated heterocycles. The fraction of sp³-hybridized carbons (Fsp3) is 0.211. The molecule has 4 heteroatoms. The summed E-state index contributed by atoms with van der Waals surface area (Å²) in [5.74, 6) is 0.398. The van der Waals surface area contributed by atoms with Crippen molar-refractivity contribution >= 4 is 35.5 Å². The van der Waals surface area contributed by atoms with Crippen molar-refractivity contribution in [3.8, 4) is 0 Å². The molecule has 0 aromatic heterocycles. The van der Waals surface area contributed by atoms with Crippen LogP contribution in [-0.4, -0.2) is 18.5 Å². The number of carbonyl (C=O) groups is 1. The Morgan fingerprint density at radius 1 is 1.00 bits per heavy atom. The largest absolute Gasteiger partial charge is 0.337 e. The van der Waals surface area contributed by atoms with Crippen molar-refractivity contribution in [1.29, 1.82) is 0 Å². The van der Waals surface area contributed by atoms with Gasteiger partial charge in [-0.05, 0) is 37.1 Å². The second-order valence-electron chi connectivity index (χ2n) is 5.45. The van der Waals surface area contributed by atoms with Crippen molar-refractivity contribution in [2.45, 2.75) is 13.8 Å². The number of halogens is 1.